The van der Waals surface area contributed by atoms with Crippen molar-refractivity contribution in [3.63, 3.8) is 0 Å². The lowest BCUT2D eigenvalue weighted by molar-refractivity contribution is -0.146. The fourth-order valence-electron chi connectivity index (χ4n) is 2.18. The van der Waals surface area contributed by atoms with Crippen LogP contribution in [0, 0.1) is 0 Å². The first-order chi connectivity index (χ1) is 8.11. The molecule has 1 heterocycles. The average molecular weight is 243 g/mol. The van der Waals surface area contributed by atoms with E-state index in [1.54, 1.807) is 4.90 Å². The molecule has 0 bridgehead atoms. The SMILES string of the molecule is CCNC(=O)C1CNCCN1C(CC)C(=O)O. The summed E-state index contributed by atoms with van der Waals surface area (Å²) in [4.78, 5) is 24.8. The van der Waals surface area contributed by atoms with Crippen LogP contribution in [0.3, 0.4) is 0 Å². The number of carbonyl (C=O) groups is 2. The summed E-state index contributed by atoms with van der Waals surface area (Å²) in [5.41, 5.74) is 0. The molecule has 0 aliphatic carbocycles. The highest BCUT2D eigenvalue weighted by molar-refractivity contribution is 5.83. The highest BCUT2D eigenvalue weighted by Gasteiger charge is 2.35. The van der Waals surface area contributed by atoms with Gasteiger partial charge in [-0.2, -0.15) is 0 Å². The number of aliphatic carboxylic acids is 1. The zero-order chi connectivity index (χ0) is 12.8. The quantitative estimate of drug-likeness (QED) is 0.592. The van der Waals surface area contributed by atoms with Gasteiger partial charge >= 0.3 is 5.97 Å². The van der Waals surface area contributed by atoms with Crippen molar-refractivity contribution in [2.45, 2.75) is 32.4 Å². The van der Waals surface area contributed by atoms with E-state index in [-0.39, 0.29) is 11.9 Å². The molecular weight excluding hydrogens is 222 g/mol. The van der Waals surface area contributed by atoms with Crippen molar-refractivity contribution in [2.24, 2.45) is 0 Å². The Labute approximate surface area is 101 Å². The van der Waals surface area contributed by atoms with Crippen molar-refractivity contribution in [1.82, 2.24) is 15.5 Å². The molecule has 1 fully saturated rings. The lowest BCUT2D eigenvalue weighted by atomic mass is 10.1. The Bertz CT molecular complexity index is 283. The minimum atomic E-state index is -0.858. The Balaban J connectivity index is 2.77. The van der Waals surface area contributed by atoms with Crippen molar-refractivity contribution in [1.29, 1.82) is 0 Å². The lowest BCUT2D eigenvalue weighted by Gasteiger charge is -2.38. The van der Waals surface area contributed by atoms with Gasteiger partial charge in [0.05, 0.1) is 0 Å². The molecule has 0 saturated carbocycles. The van der Waals surface area contributed by atoms with Crippen LogP contribution in [-0.2, 0) is 9.59 Å². The molecule has 0 aromatic rings. The number of likely N-dealkylation sites (N-methyl/N-ethyl adjacent to an activating group) is 1. The van der Waals surface area contributed by atoms with E-state index in [0.29, 0.717) is 26.1 Å². The fourth-order valence-corrected chi connectivity index (χ4v) is 2.18. The van der Waals surface area contributed by atoms with Gasteiger partial charge in [-0.1, -0.05) is 6.92 Å². The second-order valence-electron chi connectivity index (χ2n) is 4.11. The second-order valence-corrected chi connectivity index (χ2v) is 4.11. The molecule has 6 heteroatoms. The van der Waals surface area contributed by atoms with Gasteiger partial charge in [-0.3, -0.25) is 14.5 Å². The maximum Gasteiger partial charge on any atom is 0.320 e. The van der Waals surface area contributed by atoms with Gasteiger partial charge in [0.25, 0.3) is 0 Å². The third-order valence-electron chi connectivity index (χ3n) is 3.01. The standard InChI is InChI=1S/C11H21N3O3/c1-3-8(11(16)17)14-6-5-12-7-9(14)10(15)13-4-2/h8-9,12H,3-7H2,1-2H3,(H,13,15)(H,16,17). The number of hydrogen-bond donors (Lipinski definition) is 3. The number of piperazine rings is 1. The molecule has 0 spiro atoms. The molecule has 2 unspecified atom stereocenters. The first kappa shape index (κ1) is 13.9. The Morgan fingerprint density at radius 3 is 2.76 bits per heavy atom. The number of carboxylic acid groups (broad SMARTS) is 1. The smallest absolute Gasteiger partial charge is 0.320 e. The van der Waals surface area contributed by atoms with Crippen LogP contribution in [0.5, 0.6) is 0 Å². The summed E-state index contributed by atoms with van der Waals surface area (Å²) in [6, 6.07) is -0.963. The number of amides is 1. The minimum absolute atomic E-state index is 0.0978. The highest BCUT2D eigenvalue weighted by atomic mass is 16.4. The summed E-state index contributed by atoms with van der Waals surface area (Å²) in [6.07, 6.45) is 0.505. The van der Waals surface area contributed by atoms with Crippen molar-refractivity contribution < 1.29 is 14.7 Å². The van der Waals surface area contributed by atoms with Gasteiger partial charge in [0.2, 0.25) is 5.91 Å². The van der Waals surface area contributed by atoms with Gasteiger partial charge in [-0.05, 0) is 13.3 Å². The topological polar surface area (TPSA) is 81.7 Å². The summed E-state index contributed by atoms with van der Waals surface area (Å²) in [7, 11) is 0. The lowest BCUT2D eigenvalue weighted by Crippen LogP contribution is -2.62. The maximum absolute atomic E-state index is 11.9. The number of rotatable bonds is 5. The Morgan fingerprint density at radius 2 is 2.24 bits per heavy atom. The van der Waals surface area contributed by atoms with Gasteiger partial charge in [0, 0.05) is 26.2 Å². The van der Waals surface area contributed by atoms with E-state index in [4.69, 9.17) is 5.11 Å². The highest BCUT2D eigenvalue weighted by Crippen LogP contribution is 2.12. The molecule has 0 radical (unpaired) electrons. The Kier molecular flexibility index (Phi) is 5.37. The number of nitrogens with one attached hydrogen (secondary N) is 2. The summed E-state index contributed by atoms with van der Waals surface area (Å²) in [5.74, 6) is -0.955. The first-order valence-electron chi connectivity index (χ1n) is 6.08. The van der Waals surface area contributed by atoms with E-state index in [9.17, 15) is 9.59 Å². The summed E-state index contributed by atoms with van der Waals surface area (Å²) >= 11 is 0. The predicted molar refractivity (Wildman–Crippen MR) is 63.8 cm³/mol. The molecular formula is C11H21N3O3. The first-order valence-corrected chi connectivity index (χ1v) is 6.08. The average Bonchev–Trinajstić information content (AvgIpc) is 2.30. The van der Waals surface area contributed by atoms with E-state index in [0.717, 1.165) is 6.54 Å². The molecule has 1 saturated heterocycles. The van der Waals surface area contributed by atoms with E-state index in [2.05, 4.69) is 10.6 Å². The largest absolute Gasteiger partial charge is 0.480 e. The van der Waals surface area contributed by atoms with Gasteiger partial charge in [-0.25, -0.2) is 0 Å². The van der Waals surface area contributed by atoms with Gasteiger partial charge in [0.1, 0.15) is 12.1 Å². The zero-order valence-corrected chi connectivity index (χ0v) is 10.4. The van der Waals surface area contributed by atoms with Crippen LogP contribution >= 0.6 is 0 Å². The Morgan fingerprint density at radius 1 is 1.53 bits per heavy atom. The number of nitrogens with zero attached hydrogens (tertiary/aromatic N) is 1. The molecule has 3 N–H and O–H groups in total. The van der Waals surface area contributed by atoms with Crippen LogP contribution in [0.4, 0.5) is 0 Å². The summed E-state index contributed by atoms with van der Waals surface area (Å²) in [6.45, 7) is 6.07. The van der Waals surface area contributed by atoms with Crippen LogP contribution < -0.4 is 10.6 Å². The molecule has 1 aliphatic heterocycles. The van der Waals surface area contributed by atoms with Crippen LogP contribution in [0.25, 0.3) is 0 Å². The normalized spacial score (nSPS) is 23.1. The van der Waals surface area contributed by atoms with E-state index in [1.807, 2.05) is 13.8 Å². The van der Waals surface area contributed by atoms with Crippen molar-refractivity contribution >= 4 is 11.9 Å². The molecule has 2 atom stereocenters. The van der Waals surface area contributed by atoms with Crippen LogP contribution in [0.2, 0.25) is 0 Å². The number of hydrogen-bond acceptors (Lipinski definition) is 4. The molecule has 0 aromatic carbocycles. The van der Waals surface area contributed by atoms with Crippen molar-refractivity contribution in [3.05, 3.63) is 0 Å². The predicted octanol–water partition coefficient (Wildman–Crippen LogP) is -0.740. The summed E-state index contributed by atoms with van der Waals surface area (Å²) in [5, 5.41) is 15.0. The van der Waals surface area contributed by atoms with Crippen LogP contribution in [0.15, 0.2) is 0 Å². The van der Waals surface area contributed by atoms with Crippen molar-refractivity contribution in [3.8, 4) is 0 Å². The maximum atomic E-state index is 11.9. The molecule has 98 valence electrons. The van der Waals surface area contributed by atoms with Gasteiger partial charge in [-0.15, -0.1) is 0 Å². The number of carbonyl (C=O) groups excluding carboxylic acids is 1. The second kappa shape index (κ2) is 6.56. The third kappa shape index (κ3) is 3.41. The van der Waals surface area contributed by atoms with Crippen LogP contribution in [0.1, 0.15) is 20.3 Å². The molecule has 0 aromatic heterocycles. The molecule has 1 aliphatic rings. The number of carboxylic acids is 1. The van der Waals surface area contributed by atoms with Crippen LogP contribution in [-0.4, -0.2) is 60.1 Å². The van der Waals surface area contributed by atoms with E-state index in [1.165, 1.54) is 0 Å². The molecule has 1 rings (SSSR count). The zero-order valence-electron chi connectivity index (χ0n) is 10.4. The molecule has 1 amide bonds. The van der Waals surface area contributed by atoms with E-state index < -0.39 is 12.0 Å². The minimum Gasteiger partial charge on any atom is -0.480 e. The van der Waals surface area contributed by atoms with Gasteiger partial charge < -0.3 is 15.7 Å². The fraction of sp³-hybridized carbons (Fsp3) is 0.818. The Hall–Kier alpha value is -1.14. The third-order valence-corrected chi connectivity index (χ3v) is 3.01. The van der Waals surface area contributed by atoms with Crippen molar-refractivity contribution in [2.75, 3.05) is 26.2 Å². The summed E-state index contributed by atoms with van der Waals surface area (Å²) < 4.78 is 0. The van der Waals surface area contributed by atoms with E-state index >= 15 is 0 Å². The molecule has 17 heavy (non-hydrogen) atoms. The monoisotopic (exact) mass is 243 g/mol. The molecule has 6 nitrogen and oxygen atoms in total. The van der Waals surface area contributed by atoms with Gasteiger partial charge in [0.15, 0.2) is 0 Å².